The van der Waals surface area contributed by atoms with Crippen molar-refractivity contribution in [1.29, 1.82) is 0 Å². The Balaban J connectivity index is 0.00000242. The average Bonchev–Trinajstić information content (AvgIpc) is 2.65. The molecule has 0 aromatic carbocycles. The monoisotopic (exact) mass is 403 g/mol. The van der Waals surface area contributed by atoms with Crippen LogP contribution >= 0.6 is 7.60 Å². The summed E-state index contributed by atoms with van der Waals surface area (Å²) in [5.41, 5.74) is 4.25. The number of anilines is 1. The van der Waals surface area contributed by atoms with Crippen molar-refractivity contribution in [2.45, 2.75) is 24.5 Å². The summed E-state index contributed by atoms with van der Waals surface area (Å²) in [6.07, 6.45) is -4.94. The molecule has 4 atom stereocenters. The first kappa shape index (κ1) is 24.9. The van der Waals surface area contributed by atoms with Crippen molar-refractivity contribution in [2.24, 2.45) is 0 Å². The van der Waals surface area contributed by atoms with Crippen LogP contribution in [0.25, 0.3) is 0 Å². The predicted molar refractivity (Wildman–Crippen MR) is 81.9 cm³/mol. The molecule has 0 unspecified atom stereocenters. The maximum absolute atomic E-state index is 11.7. The van der Waals surface area contributed by atoms with Crippen LogP contribution in [0.1, 0.15) is 6.23 Å². The van der Waals surface area contributed by atoms with Gasteiger partial charge in [0.1, 0.15) is 29.4 Å². The number of nitrogens with zero attached hydrogens (tertiary/aromatic N) is 2. The minimum absolute atomic E-state index is 0. The molecule has 2 heterocycles. The number of nitrogen functional groups attached to an aromatic ring is 1. The molecule has 0 aliphatic carbocycles. The van der Waals surface area contributed by atoms with E-state index in [1.54, 1.807) is 0 Å². The van der Waals surface area contributed by atoms with Crippen molar-refractivity contribution in [3.8, 4) is 0 Å². The summed E-state index contributed by atoms with van der Waals surface area (Å²) in [5, 5.41) is 27.7. The molecule has 23 heavy (non-hydrogen) atoms. The van der Waals surface area contributed by atoms with Crippen LogP contribution < -0.4 is 16.7 Å². The molecule has 0 bridgehead atoms. The quantitative estimate of drug-likeness (QED) is 0.210. The van der Waals surface area contributed by atoms with Gasteiger partial charge in [-0.1, -0.05) is 0 Å². The Kier molecular flexibility index (Phi) is 10.6. The maximum atomic E-state index is 11.7. The van der Waals surface area contributed by atoms with E-state index < -0.39 is 55.6 Å². The van der Waals surface area contributed by atoms with E-state index >= 15 is 0 Å². The Morgan fingerprint density at radius 1 is 1.30 bits per heavy atom. The number of ether oxygens (including phenoxy) is 1. The van der Waals surface area contributed by atoms with Gasteiger partial charge in [-0.15, -0.1) is 0 Å². The molecule has 1 aromatic rings. The Morgan fingerprint density at radius 2 is 1.87 bits per heavy atom. The summed E-state index contributed by atoms with van der Waals surface area (Å²) in [6.45, 7) is -0.614. The van der Waals surface area contributed by atoms with E-state index in [-0.39, 0.29) is 103 Å². The predicted octanol–water partition coefficient (Wildman–Crippen LogP) is -5.06. The van der Waals surface area contributed by atoms with Crippen molar-refractivity contribution in [1.82, 2.24) is 9.55 Å². The second-order valence-corrected chi connectivity index (χ2v) is 6.04. The Labute approximate surface area is 215 Å². The topological polar surface area (TPSA) is 188 Å². The summed E-state index contributed by atoms with van der Waals surface area (Å²) in [4.78, 5) is 33.2. The molecular weight excluding hydrogens is 387 g/mol. The van der Waals surface area contributed by atoms with Crippen LogP contribution in [0.3, 0.4) is 0 Å². The number of aliphatic hydroxyl groups is 3. The van der Waals surface area contributed by atoms with E-state index in [0.717, 1.165) is 0 Å². The third kappa shape index (κ3) is 5.46. The van der Waals surface area contributed by atoms with Gasteiger partial charge in [0.05, 0.1) is 6.61 Å². The number of hydrogen-bond acceptors (Lipinski definition) is 8. The number of aromatic nitrogens is 2. The van der Waals surface area contributed by atoms with Crippen molar-refractivity contribution in [3.63, 3.8) is 0 Å². The molecule has 7 N–H and O–H groups in total. The van der Waals surface area contributed by atoms with E-state index in [9.17, 15) is 19.6 Å². The van der Waals surface area contributed by atoms with Gasteiger partial charge in [0.15, 0.2) is 6.23 Å². The molecule has 1 fully saturated rings. The van der Waals surface area contributed by atoms with Gasteiger partial charge in [0.2, 0.25) is 0 Å². The molecule has 1 aromatic heterocycles. The summed E-state index contributed by atoms with van der Waals surface area (Å²) < 4.78 is 17.0. The molecule has 0 saturated carbocycles. The minimum atomic E-state index is -4.80. The zero-order valence-electron chi connectivity index (χ0n) is 10.5. The van der Waals surface area contributed by atoms with E-state index in [1.165, 1.54) is 0 Å². The second kappa shape index (κ2) is 9.76. The molecule has 122 valence electrons. The zero-order chi connectivity index (χ0) is 15.9. The van der Waals surface area contributed by atoms with Gasteiger partial charge in [-0.3, -0.25) is 9.13 Å². The number of aliphatic hydroxyl groups excluding tert-OH is 3. The Hall–Kier alpha value is 1.94. The molecule has 1 aliphatic rings. The average molecular weight is 403 g/mol. The first-order valence-corrected chi connectivity index (χ1v) is 7.35. The Bertz CT molecular complexity index is 652. The van der Waals surface area contributed by atoms with E-state index in [1.807, 2.05) is 0 Å². The van der Waals surface area contributed by atoms with Gasteiger partial charge in [0.25, 0.3) is 0 Å². The van der Waals surface area contributed by atoms with Crippen molar-refractivity contribution < 1.29 is 34.4 Å². The van der Waals surface area contributed by atoms with Crippen LogP contribution in [0.4, 0.5) is 5.82 Å². The first-order chi connectivity index (χ1) is 9.66. The van der Waals surface area contributed by atoms with Gasteiger partial charge in [-0.25, -0.2) is 4.79 Å². The zero-order valence-corrected chi connectivity index (χ0v) is 11.4. The molecule has 0 spiro atoms. The van der Waals surface area contributed by atoms with E-state index in [0.29, 0.717) is 10.8 Å². The van der Waals surface area contributed by atoms with Crippen LogP contribution in [-0.2, 0) is 9.30 Å². The molecule has 0 radical (unpaired) electrons. The molecule has 11 nitrogen and oxygen atoms in total. The van der Waals surface area contributed by atoms with Crippen LogP contribution in [-0.4, -0.2) is 162 Å². The standard InChI is InChI=1S/C9H14N3O8P.2K.2H/c10-7-4(21(17,18)19)1-12(9(16)11-7)8-6(15)5(14)3(2-13)20-8;;;;/h1,3,5-6,8,13-15H,2H2,(H2,10,11,16)(H2,17,18,19);;;;/t3-,5-,6-,8-;;;;/m1..../s1. The molecule has 14 heteroatoms. The first-order valence-electron chi connectivity index (χ1n) is 5.74. The van der Waals surface area contributed by atoms with Gasteiger partial charge in [-0.2, -0.15) is 4.98 Å². The van der Waals surface area contributed by atoms with Crippen LogP contribution in [0.5, 0.6) is 0 Å². The summed E-state index contributed by atoms with van der Waals surface area (Å²) in [7, 11) is -4.80. The molecule has 0 amide bonds. The van der Waals surface area contributed by atoms with Gasteiger partial charge in [-0.05, 0) is 0 Å². The molecule has 1 saturated heterocycles. The third-order valence-corrected chi connectivity index (χ3v) is 4.04. The van der Waals surface area contributed by atoms with Crippen molar-refractivity contribution >= 4 is 121 Å². The van der Waals surface area contributed by atoms with Crippen LogP contribution in [0.15, 0.2) is 11.0 Å². The summed E-state index contributed by atoms with van der Waals surface area (Å²) >= 11 is 0. The molecule has 2 rings (SSSR count). The van der Waals surface area contributed by atoms with Crippen molar-refractivity contribution in [3.05, 3.63) is 16.7 Å². The van der Waals surface area contributed by atoms with E-state index in [2.05, 4.69) is 4.98 Å². The number of nitrogens with two attached hydrogens (primary N) is 1. The normalized spacial score (nSPS) is 27.2. The number of rotatable bonds is 3. The van der Waals surface area contributed by atoms with Crippen molar-refractivity contribution in [2.75, 3.05) is 12.3 Å². The number of hydrogen-bond donors (Lipinski definition) is 6. The second-order valence-electron chi connectivity index (χ2n) is 4.47. The van der Waals surface area contributed by atoms with Crippen LogP contribution in [0, 0.1) is 0 Å². The van der Waals surface area contributed by atoms with E-state index in [4.69, 9.17) is 25.4 Å². The molecule has 1 aliphatic heterocycles. The van der Waals surface area contributed by atoms with Gasteiger partial charge in [0, 0.05) is 6.20 Å². The molecular formula is C9H16K2N3O8P. The summed E-state index contributed by atoms with van der Waals surface area (Å²) in [5.74, 6) is -0.642. The third-order valence-electron chi connectivity index (χ3n) is 3.07. The fourth-order valence-corrected chi connectivity index (χ4v) is 2.61. The van der Waals surface area contributed by atoms with Crippen LogP contribution in [0.2, 0.25) is 0 Å². The fourth-order valence-electron chi connectivity index (χ4n) is 1.99. The van der Waals surface area contributed by atoms with Gasteiger partial charge < -0.3 is 35.6 Å². The Morgan fingerprint density at radius 3 is 2.30 bits per heavy atom. The fraction of sp³-hybridized carbons (Fsp3) is 0.556. The summed E-state index contributed by atoms with van der Waals surface area (Å²) in [6, 6.07) is 0. The van der Waals surface area contributed by atoms with Gasteiger partial charge >= 0.3 is 116 Å². The SMILES string of the molecule is Nc1nc(=O)n([C@@H]2O[C@H](CO)[C@@H](O)[C@H]2O)cc1P(=O)(O)O.[KH].[KH].